The van der Waals surface area contributed by atoms with E-state index in [0.29, 0.717) is 22.9 Å². The summed E-state index contributed by atoms with van der Waals surface area (Å²) in [6, 6.07) is 16.8. The Morgan fingerprint density at radius 1 is 1.19 bits per heavy atom. The van der Waals surface area contributed by atoms with Gasteiger partial charge in [-0.2, -0.15) is 0 Å². The van der Waals surface area contributed by atoms with Crippen LogP contribution in [0.25, 0.3) is 0 Å². The summed E-state index contributed by atoms with van der Waals surface area (Å²) in [5, 5.41) is 11.0. The average molecular weight is 398 g/mol. The van der Waals surface area contributed by atoms with Gasteiger partial charge in [0.15, 0.2) is 0 Å². The molecule has 0 radical (unpaired) electrons. The number of halogens is 1. The zero-order valence-corrected chi connectivity index (χ0v) is 16.1. The van der Waals surface area contributed by atoms with Crippen molar-refractivity contribution in [2.24, 2.45) is 4.99 Å². The molecule has 0 bridgehead atoms. The predicted octanol–water partition coefficient (Wildman–Crippen LogP) is 5.67. The Morgan fingerprint density at radius 2 is 1.93 bits per heavy atom. The van der Waals surface area contributed by atoms with Gasteiger partial charge in [0.25, 0.3) is 0 Å². The van der Waals surface area contributed by atoms with Crippen molar-refractivity contribution in [3.05, 3.63) is 86.9 Å². The van der Waals surface area contributed by atoms with Gasteiger partial charge < -0.3 is 9.52 Å². The lowest BCUT2D eigenvalue weighted by molar-refractivity contribution is 0.432. The van der Waals surface area contributed by atoms with Gasteiger partial charge in [0.2, 0.25) is 0 Å². The Morgan fingerprint density at radius 3 is 2.70 bits per heavy atom. The smallest absolute Gasteiger partial charge is 0.348 e. The number of nitrogens with zero attached hydrogens (tertiary/aromatic N) is 1. The zero-order valence-electron chi connectivity index (χ0n) is 14.5. The number of hydrogen-bond donors (Lipinski definition) is 1. The maximum Gasteiger partial charge on any atom is 0.348 e. The first-order valence-corrected chi connectivity index (χ1v) is 9.70. The van der Waals surface area contributed by atoms with Crippen LogP contribution in [-0.2, 0) is 0 Å². The van der Waals surface area contributed by atoms with Gasteiger partial charge in [-0.15, -0.1) is 11.8 Å². The van der Waals surface area contributed by atoms with Crippen molar-refractivity contribution in [3.8, 4) is 5.75 Å². The Bertz CT molecular complexity index is 1110. The van der Waals surface area contributed by atoms with Crippen LogP contribution >= 0.6 is 23.4 Å². The van der Waals surface area contributed by atoms with E-state index in [-0.39, 0.29) is 16.6 Å². The second-order valence-corrected chi connectivity index (χ2v) is 7.91. The van der Waals surface area contributed by atoms with Crippen LogP contribution in [0.3, 0.4) is 0 Å². The topological polar surface area (TPSA) is 62.8 Å². The van der Waals surface area contributed by atoms with Crippen molar-refractivity contribution >= 4 is 34.8 Å². The molecule has 0 fully saturated rings. The monoisotopic (exact) mass is 397 g/mol. The van der Waals surface area contributed by atoms with Crippen LogP contribution in [-0.4, -0.2) is 10.8 Å². The molecule has 0 aliphatic carbocycles. The quantitative estimate of drug-likeness (QED) is 0.605. The third kappa shape index (κ3) is 3.53. The molecule has 1 unspecified atom stereocenters. The number of rotatable bonds is 2. The van der Waals surface area contributed by atoms with Gasteiger partial charge in [-0.3, -0.25) is 4.99 Å². The molecule has 0 spiro atoms. The molecule has 0 saturated heterocycles. The molecular weight excluding hydrogens is 382 g/mol. The molecule has 3 aromatic rings. The van der Waals surface area contributed by atoms with Crippen LogP contribution in [0.1, 0.15) is 28.6 Å². The molecule has 136 valence electrons. The number of thioether (sulfide) groups is 1. The summed E-state index contributed by atoms with van der Waals surface area (Å²) >= 11 is 8.08. The van der Waals surface area contributed by atoms with Crippen molar-refractivity contribution in [1.82, 2.24) is 0 Å². The van der Waals surface area contributed by atoms with Crippen LogP contribution in [0.5, 0.6) is 5.75 Å². The highest BCUT2D eigenvalue weighted by Gasteiger charge is 2.27. The Kier molecular flexibility index (Phi) is 4.81. The van der Waals surface area contributed by atoms with Crippen LogP contribution in [0.2, 0.25) is 5.02 Å². The molecule has 2 heterocycles. The van der Waals surface area contributed by atoms with Crippen LogP contribution in [0, 0.1) is 6.92 Å². The van der Waals surface area contributed by atoms with Gasteiger partial charge in [-0.25, -0.2) is 4.79 Å². The van der Waals surface area contributed by atoms with E-state index in [1.807, 2.05) is 48.5 Å². The lowest BCUT2D eigenvalue weighted by Gasteiger charge is -2.17. The molecule has 0 saturated carbocycles. The summed E-state index contributed by atoms with van der Waals surface area (Å²) in [5.41, 5.74) is 1.73. The van der Waals surface area contributed by atoms with Gasteiger partial charge in [-0.05, 0) is 30.7 Å². The zero-order chi connectivity index (χ0) is 19.0. The van der Waals surface area contributed by atoms with Gasteiger partial charge >= 0.3 is 5.63 Å². The lowest BCUT2D eigenvalue weighted by atomic mass is 10.0. The van der Waals surface area contributed by atoms with E-state index in [2.05, 4.69) is 0 Å². The largest absolute Gasteiger partial charge is 0.507 e. The highest BCUT2D eigenvalue weighted by atomic mass is 35.5. The number of aryl methyl sites for hydroxylation is 1. The molecule has 27 heavy (non-hydrogen) atoms. The van der Waals surface area contributed by atoms with Crippen molar-refractivity contribution in [2.75, 3.05) is 0 Å². The second-order valence-electron chi connectivity index (χ2n) is 6.26. The van der Waals surface area contributed by atoms with Gasteiger partial charge in [0.05, 0.1) is 11.4 Å². The van der Waals surface area contributed by atoms with Crippen LogP contribution in [0.4, 0.5) is 5.69 Å². The van der Waals surface area contributed by atoms with Gasteiger partial charge in [0, 0.05) is 27.7 Å². The molecule has 1 N–H and O–H groups in total. The van der Waals surface area contributed by atoms with Crippen molar-refractivity contribution in [1.29, 1.82) is 0 Å². The Balaban J connectivity index is 1.90. The molecule has 1 atom stereocenters. The molecule has 2 aromatic carbocycles. The number of aromatic hydroxyl groups is 1. The maximum atomic E-state index is 12.5. The van der Waals surface area contributed by atoms with Crippen molar-refractivity contribution < 1.29 is 9.52 Å². The predicted molar refractivity (Wildman–Crippen MR) is 109 cm³/mol. The van der Waals surface area contributed by atoms with E-state index >= 15 is 0 Å². The summed E-state index contributed by atoms with van der Waals surface area (Å²) in [7, 11) is 0. The fourth-order valence-electron chi connectivity index (χ4n) is 3.14. The molecule has 1 aliphatic heterocycles. The molecule has 4 nitrogen and oxygen atoms in total. The van der Waals surface area contributed by atoms with Crippen molar-refractivity contribution in [2.45, 2.75) is 23.5 Å². The molecule has 0 amide bonds. The normalized spacial score (nSPS) is 16.4. The third-order valence-electron chi connectivity index (χ3n) is 4.36. The summed E-state index contributed by atoms with van der Waals surface area (Å²) in [5.74, 6) is 0.234. The van der Waals surface area contributed by atoms with Gasteiger partial charge in [-0.1, -0.05) is 41.9 Å². The first kappa shape index (κ1) is 17.9. The fraction of sp³-hybridized carbons (Fsp3) is 0.143. The first-order valence-electron chi connectivity index (χ1n) is 8.44. The van der Waals surface area contributed by atoms with E-state index in [0.717, 1.165) is 16.1 Å². The fourth-order valence-corrected chi connectivity index (χ4v) is 4.74. The van der Waals surface area contributed by atoms with E-state index < -0.39 is 5.63 Å². The first-order chi connectivity index (χ1) is 13.0. The average Bonchev–Trinajstić information content (AvgIpc) is 2.80. The number of hydrogen-bond acceptors (Lipinski definition) is 5. The molecule has 1 aromatic heterocycles. The van der Waals surface area contributed by atoms with Gasteiger partial charge in [0.1, 0.15) is 17.1 Å². The molecule has 6 heteroatoms. The van der Waals surface area contributed by atoms with E-state index in [4.69, 9.17) is 21.0 Å². The molecule has 4 rings (SSSR count). The van der Waals surface area contributed by atoms with Crippen LogP contribution in [0.15, 0.2) is 73.7 Å². The minimum absolute atomic E-state index is 0.0544. The van der Waals surface area contributed by atoms with Crippen LogP contribution < -0.4 is 5.63 Å². The standard InChI is InChI=1S/C21H16ClNO3S/c1-12-10-17(24)20(21(25)26-12)16-11-19(13-6-2-3-7-14(13)22)27-18-9-5-4-8-15(18)23-16/h2-10,19,24H,11H2,1H3. The number of fused-ring (bicyclic) bond motifs is 1. The van der Waals surface area contributed by atoms with Crippen molar-refractivity contribution in [3.63, 3.8) is 0 Å². The summed E-state index contributed by atoms with van der Waals surface area (Å²) in [6.07, 6.45) is 0.435. The number of para-hydroxylation sites is 1. The number of benzene rings is 2. The summed E-state index contributed by atoms with van der Waals surface area (Å²) < 4.78 is 5.21. The molecule has 1 aliphatic rings. The third-order valence-corrected chi connectivity index (χ3v) is 6.01. The molecular formula is C21H16ClNO3S. The summed E-state index contributed by atoms with van der Waals surface area (Å²) in [4.78, 5) is 18.1. The van der Waals surface area contributed by atoms with E-state index in [9.17, 15) is 9.90 Å². The maximum absolute atomic E-state index is 12.5. The second kappa shape index (κ2) is 7.25. The minimum Gasteiger partial charge on any atom is -0.507 e. The Labute approximate surface area is 165 Å². The lowest BCUT2D eigenvalue weighted by Crippen LogP contribution is -2.17. The highest BCUT2D eigenvalue weighted by molar-refractivity contribution is 7.99. The number of aliphatic imine (C=N–C) groups is 1. The Hall–Kier alpha value is -2.50. The van der Waals surface area contributed by atoms with E-state index in [1.165, 1.54) is 6.07 Å². The van der Waals surface area contributed by atoms with E-state index in [1.54, 1.807) is 18.7 Å². The minimum atomic E-state index is -0.589. The SMILES string of the molecule is Cc1cc(O)c(C2=Nc3ccccc3SC(c3ccccc3Cl)C2)c(=O)o1. The highest BCUT2D eigenvalue weighted by Crippen LogP contribution is 2.47. The summed E-state index contributed by atoms with van der Waals surface area (Å²) in [6.45, 7) is 1.62.